The van der Waals surface area contributed by atoms with E-state index >= 15 is 0 Å². The lowest BCUT2D eigenvalue weighted by Crippen LogP contribution is -2.23. The van der Waals surface area contributed by atoms with Crippen molar-refractivity contribution in [1.82, 2.24) is 5.32 Å². The molecule has 3 aromatic carbocycles. The van der Waals surface area contributed by atoms with Crippen molar-refractivity contribution in [1.29, 1.82) is 0 Å². The van der Waals surface area contributed by atoms with Crippen molar-refractivity contribution in [3.05, 3.63) is 102 Å². The number of hydrogen-bond acceptors (Lipinski definition) is 4. The molecule has 0 aliphatic carbocycles. The molecule has 0 aliphatic heterocycles. The smallest absolute Gasteiger partial charge is 0.244 e. The summed E-state index contributed by atoms with van der Waals surface area (Å²) in [5, 5.41) is 12.5. The van der Waals surface area contributed by atoms with Gasteiger partial charge in [-0.3, -0.25) is 4.79 Å². The van der Waals surface area contributed by atoms with Crippen LogP contribution in [-0.4, -0.2) is 31.3 Å². The van der Waals surface area contributed by atoms with Gasteiger partial charge in [-0.2, -0.15) is 0 Å². The van der Waals surface area contributed by atoms with Crippen molar-refractivity contribution in [3.63, 3.8) is 0 Å². The number of rotatable bonds is 10. The van der Waals surface area contributed by atoms with E-state index in [4.69, 9.17) is 9.47 Å². The third kappa shape index (κ3) is 6.73. The minimum absolute atomic E-state index is 0.0633. The zero-order valence-corrected chi connectivity index (χ0v) is 17.5. The summed E-state index contributed by atoms with van der Waals surface area (Å²) in [5.74, 6) is 0.245. The van der Waals surface area contributed by atoms with Gasteiger partial charge in [0.15, 0.2) is 11.5 Å². The first-order valence-corrected chi connectivity index (χ1v) is 10.2. The fraction of sp³-hybridized carbons (Fsp3) is 0.192. The largest absolute Gasteiger partial charge is 0.504 e. The number of methoxy groups -OCH3 is 1. The number of ether oxygens (including phenoxy) is 2. The van der Waals surface area contributed by atoms with Gasteiger partial charge in [-0.15, -0.1) is 0 Å². The van der Waals surface area contributed by atoms with Crippen LogP contribution in [0, 0.1) is 0 Å². The Bertz CT molecular complexity index is 947. The van der Waals surface area contributed by atoms with Crippen molar-refractivity contribution in [3.8, 4) is 11.5 Å². The molecule has 31 heavy (non-hydrogen) atoms. The van der Waals surface area contributed by atoms with E-state index in [1.165, 1.54) is 19.3 Å². The fourth-order valence-corrected chi connectivity index (χ4v) is 3.15. The number of carbonyl (C=O) groups is 1. The number of phenols is 1. The summed E-state index contributed by atoms with van der Waals surface area (Å²) in [6.45, 7) is 1.03. The Morgan fingerprint density at radius 1 is 1.00 bits per heavy atom. The lowest BCUT2D eigenvalue weighted by atomic mass is 10.0. The van der Waals surface area contributed by atoms with Crippen LogP contribution in [0.2, 0.25) is 0 Å². The summed E-state index contributed by atoms with van der Waals surface area (Å²) in [5.41, 5.74) is 2.97. The Morgan fingerprint density at radius 3 is 2.26 bits per heavy atom. The maximum Gasteiger partial charge on any atom is 0.244 e. The van der Waals surface area contributed by atoms with E-state index in [9.17, 15) is 9.90 Å². The quantitative estimate of drug-likeness (QED) is 0.370. The fourth-order valence-electron chi connectivity index (χ4n) is 3.15. The van der Waals surface area contributed by atoms with E-state index < -0.39 is 0 Å². The van der Waals surface area contributed by atoms with Crippen molar-refractivity contribution in [2.24, 2.45) is 0 Å². The van der Waals surface area contributed by atoms with E-state index in [2.05, 4.69) is 29.6 Å². The third-order valence-corrected chi connectivity index (χ3v) is 4.74. The summed E-state index contributed by atoms with van der Waals surface area (Å²) >= 11 is 0. The van der Waals surface area contributed by atoms with Gasteiger partial charge in [0.1, 0.15) is 6.10 Å². The third-order valence-electron chi connectivity index (χ3n) is 4.74. The summed E-state index contributed by atoms with van der Waals surface area (Å²) in [6.07, 6.45) is 3.70. The Morgan fingerprint density at radius 2 is 1.65 bits per heavy atom. The van der Waals surface area contributed by atoms with E-state index in [0.29, 0.717) is 25.3 Å². The molecule has 3 rings (SSSR count). The Labute approximate surface area is 183 Å². The monoisotopic (exact) mass is 417 g/mol. The van der Waals surface area contributed by atoms with Gasteiger partial charge in [-0.1, -0.05) is 66.7 Å². The van der Waals surface area contributed by atoms with Crippen molar-refractivity contribution < 1.29 is 19.4 Å². The molecule has 0 saturated heterocycles. The summed E-state index contributed by atoms with van der Waals surface area (Å²) in [6, 6.07) is 25.1. The van der Waals surface area contributed by atoms with E-state index in [-0.39, 0.29) is 17.8 Å². The molecular formula is C26H27NO4. The predicted octanol–water partition coefficient (Wildman–Crippen LogP) is 4.73. The number of benzene rings is 3. The molecule has 0 unspecified atom stereocenters. The zero-order chi connectivity index (χ0) is 21.9. The number of nitrogens with one attached hydrogen (secondary N) is 1. The molecule has 0 aliphatic rings. The molecule has 0 fully saturated rings. The van der Waals surface area contributed by atoms with Crippen LogP contribution in [0.4, 0.5) is 0 Å². The first-order chi connectivity index (χ1) is 15.2. The van der Waals surface area contributed by atoms with E-state index in [1.807, 2.05) is 36.4 Å². The van der Waals surface area contributed by atoms with E-state index in [0.717, 1.165) is 16.7 Å². The van der Waals surface area contributed by atoms with Gasteiger partial charge in [0.25, 0.3) is 0 Å². The highest BCUT2D eigenvalue weighted by atomic mass is 16.5. The van der Waals surface area contributed by atoms with Crippen molar-refractivity contribution in [2.45, 2.75) is 12.5 Å². The molecule has 160 valence electrons. The number of carbonyl (C=O) groups excluding carboxylic acids is 1. The minimum Gasteiger partial charge on any atom is -0.504 e. The Balaban J connectivity index is 1.46. The highest BCUT2D eigenvalue weighted by Gasteiger charge is 2.13. The molecule has 0 bridgehead atoms. The van der Waals surface area contributed by atoms with Gasteiger partial charge in [0, 0.05) is 19.2 Å². The van der Waals surface area contributed by atoms with Crippen LogP contribution >= 0.6 is 0 Å². The number of amides is 1. The second kappa shape index (κ2) is 11.6. The van der Waals surface area contributed by atoms with Crippen LogP contribution in [0.15, 0.2) is 84.9 Å². The van der Waals surface area contributed by atoms with Gasteiger partial charge < -0.3 is 19.9 Å². The zero-order valence-electron chi connectivity index (χ0n) is 17.5. The van der Waals surface area contributed by atoms with Gasteiger partial charge >= 0.3 is 0 Å². The first kappa shape index (κ1) is 22.1. The summed E-state index contributed by atoms with van der Waals surface area (Å²) in [4.78, 5) is 12.1. The number of phenolic OH excluding ortho intramolecular Hbond substituents is 1. The standard InChI is InChI=1S/C26H27NO4/c1-30-24-19-20(13-15-23(24)28)14-16-25(29)27-17-8-18-31-26(21-9-4-2-5-10-21)22-11-6-3-7-12-22/h2-7,9-16,19,26,28H,8,17-18H2,1H3,(H,27,29)/b16-14+. The van der Waals surface area contributed by atoms with E-state index in [1.54, 1.807) is 18.2 Å². The molecule has 2 N–H and O–H groups in total. The average Bonchev–Trinajstić information content (AvgIpc) is 2.82. The van der Waals surface area contributed by atoms with Crippen LogP contribution in [0.3, 0.4) is 0 Å². The Kier molecular flexibility index (Phi) is 8.26. The molecule has 0 heterocycles. The highest BCUT2D eigenvalue weighted by Crippen LogP contribution is 2.27. The lowest BCUT2D eigenvalue weighted by Gasteiger charge is -2.19. The van der Waals surface area contributed by atoms with Crippen LogP contribution < -0.4 is 10.1 Å². The SMILES string of the molecule is COc1cc(/C=C/C(=O)NCCCOC(c2ccccc2)c2ccccc2)ccc1O. The lowest BCUT2D eigenvalue weighted by molar-refractivity contribution is -0.116. The second-order valence-corrected chi connectivity index (χ2v) is 6.98. The predicted molar refractivity (Wildman–Crippen MR) is 122 cm³/mol. The topological polar surface area (TPSA) is 67.8 Å². The molecule has 5 heteroatoms. The highest BCUT2D eigenvalue weighted by molar-refractivity contribution is 5.91. The molecule has 5 nitrogen and oxygen atoms in total. The van der Waals surface area contributed by atoms with Crippen LogP contribution in [0.25, 0.3) is 6.08 Å². The molecule has 0 atom stereocenters. The number of aromatic hydroxyl groups is 1. The van der Waals surface area contributed by atoms with Gasteiger partial charge in [-0.25, -0.2) is 0 Å². The molecule has 0 saturated carbocycles. The van der Waals surface area contributed by atoms with Gasteiger partial charge in [0.05, 0.1) is 7.11 Å². The maximum absolute atomic E-state index is 12.1. The average molecular weight is 418 g/mol. The van der Waals surface area contributed by atoms with Crippen molar-refractivity contribution >= 4 is 12.0 Å². The minimum atomic E-state index is -0.185. The van der Waals surface area contributed by atoms with Crippen LogP contribution in [0.5, 0.6) is 11.5 Å². The molecular weight excluding hydrogens is 390 g/mol. The second-order valence-electron chi connectivity index (χ2n) is 6.98. The molecule has 3 aromatic rings. The van der Waals surface area contributed by atoms with Gasteiger partial charge in [-0.05, 0) is 41.3 Å². The number of hydrogen-bond donors (Lipinski definition) is 2. The normalized spacial score (nSPS) is 11.0. The summed E-state index contributed by atoms with van der Waals surface area (Å²) in [7, 11) is 1.48. The Hall–Kier alpha value is -3.57. The van der Waals surface area contributed by atoms with Gasteiger partial charge in [0.2, 0.25) is 5.91 Å². The van der Waals surface area contributed by atoms with Crippen LogP contribution in [0.1, 0.15) is 29.2 Å². The maximum atomic E-state index is 12.1. The summed E-state index contributed by atoms with van der Waals surface area (Å²) < 4.78 is 11.2. The first-order valence-electron chi connectivity index (χ1n) is 10.2. The molecule has 1 amide bonds. The van der Waals surface area contributed by atoms with Crippen LogP contribution in [-0.2, 0) is 9.53 Å². The van der Waals surface area contributed by atoms with Crippen molar-refractivity contribution in [2.75, 3.05) is 20.3 Å². The molecule has 0 aromatic heterocycles. The molecule has 0 spiro atoms. The molecule has 0 radical (unpaired) electrons.